The van der Waals surface area contributed by atoms with Crippen LogP contribution in [0.2, 0.25) is 86.1 Å². The fourth-order valence-electron chi connectivity index (χ4n) is 8.16. The Bertz CT molecular complexity index is 1100. The molecule has 10 heteroatoms. The van der Waals surface area contributed by atoms with E-state index in [-0.39, 0.29) is 31.7 Å². The van der Waals surface area contributed by atoms with Crippen molar-refractivity contribution in [2.24, 2.45) is 0 Å². The fourth-order valence-corrected chi connectivity index (χ4v) is 25.6. The lowest BCUT2D eigenvalue weighted by Gasteiger charge is -2.65. The SMILES string of the molecule is CCC(C)(C(C)(C)O[Si](C)(C(C)(C)COC(C)C)C(C)(CC)C(C)(C)O[Si](C)(C)C(C)(C)O[Si](C)(C)C)[Si](C)(OC(C)(C)[Si](C)(C)C)C(C)C. The van der Waals surface area contributed by atoms with Gasteiger partial charge in [-0.1, -0.05) is 75.0 Å². The molecule has 0 heterocycles. The molecule has 5 nitrogen and oxygen atoms in total. The first kappa shape index (κ1) is 50.9. The molecule has 0 N–H and O–H groups in total. The van der Waals surface area contributed by atoms with Crippen LogP contribution >= 0.6 is 0 Å². The van der Waals surface area contributed by atoms with Gasteiger partial charge in [0.1, 0.15) is 0 Å². The first-order chi connectivity index (χ1) is 21.6. The van der Waals surface area contributed by atoms with Gasteiger partial charge in [0.25, 0.3) is 0 Å². The maximum Gasteiger partial charge on any atom is 0.216 e. The monoisotopic (exact) mass is 793 g/mol. The molecule has 0 bridgehead atoms. The molecule has 0 aliphatic heterocycles. The molecule has 0 aromatic rings. The van der Waals surface area contributed by atoms with E-state index in [0.717, 1.165) is 12.8 Å². The summed E-state index contributed by atoms with van der Waals surface area (Å²) in [6.45, 7) is 66.9. The van der Waals surface area contributed by atoms with E-state index in [9.17, 15) is 0 Å². The number of ether oxygens (including phenoxy) is 1. The van der Waals surface area contributed by atoms with Crippen LogP contribution in [0.4, 0.5) is 0 Å². The zero-order chi connectivity index (χ0) is 40.8. The Balaban J connectivity index is 7.86. The van der Waals surface area contributed by atoms with Crippen LogP contribution in [0.25, 0.3) is 0 Å². The Morgan fingerprint density at radius 2 is 0.900 bits per heavy atom. The summed E-state index contributed by atoms with van der Waals surface area (Å²) in [6, 6.07) is 0. The van der Waals surface area contributed by atoms with Crippen molar-refractivity contribution < 1.29 is 22.4 Å². The van der Waals surface area contributed by atoms with E-state index in [1.807, 2.05) is 0 Å². The minimum atomic E-state index is -2.89. The molecule has 50 heavy (non-hydrogen) atoms. The second-order valence-electron chi connectivity index (χ2n) is 22.2. The van der Waals surface area contributed by atoms with Crippen LogP contribution in [0.15, 0.2) is 0 Å². The van der Waals surface area contributed by atoms with Crippen molar-refractivity contribution in [3.05, 3.63) is 0 Å². The third-order valence-corrected chi connectivity index (χ3v) is 36.9. The standard InChI is InChI=1S/C40H92O5Si5/c1-29-39(17,49(27,33(5)6)45-37(13,14)46(19,20)21)35(9,10)43-50(28,34(7,8)31-41-32(3)4)40(18,30-2)36(11,12)42-48(25,26)38(15,16)44-47(22,23)24/h32-33H,29-31H2,1-28H3. The molecule has 0 amide bonds. The van der Waals surface area contributed by atoms with E-state index in [0.29, 0.717) is 12.1 Å². The van der Waals surface area contributed by atoms with E-state index in [2.05, 4.69) is 190 Å². The zero-order valence-corrected chi connectivity index (χ0v) is 44.3. The van der Waals surface area contributed by atoms with Gasteiger partial charge in [0.2, 0.25) is 25.0 Å². The predicted molar refractivity (Wildman–Crippen MR) is 236 cm³/mol. The molecule has 302 valence electrons. The highest BCUT2D eigenvalue weighted by Crippen LogP contribution is 2.66. The highest BCUT2D eigenvalue weighted by molar-refractivity contribution is 6.83. The molecule has 0 rings (SSSR count). The van der Waals surface area contributed by atoms with Crippen molar-refractivity contribution in [2.75, 3.05) is 6.61 Å². The second-order valence-corrected chi connectivity index (χ2v) is 46.2. The van der Waals surface area contributed by atoms with Crippen molar-refractivity contribution in [3.63, 3.8) is 0 Å². The maximum absolute atomic E-state index is 8.23. The lowest BCUT2D eigenvalue weighted by Crippen LogP contribution is -2.71. The predicted octanol–water partition coefficient (Wildman–Crippen LogP) is 13.7. The first-order valence-electron chi connectivity index (χ1n) is 20.0. The van der Waals surface area contributed by atoms with E-state index < -0.39 is 52.5 Å². The van der Waals surface area contributed by atoms with Gasteiger partial charge in [-0.05, 0) is 133 Å². The largest absolute Gasteiger partial charge is 0.414 e. The molecule has 0 aliphatic rings. The van der Waals surface area contributed by atoms with Crippen LogP contribution in [0.1, 0.15) is 137 Å². The molecule has 0 fully saturated rings. The fraction of sp³-hybridized carbons (Fsp3) is 1.00. The van der Waals surface area contributed by atoms with E-state index in [4.69, 9.17) is 22.4 Å². The van der Waals surface area contributed by atoms with E-state index in [1.165, 1.54) is 0 Å². The summed E-state index contributed by atoms with van der Waals surface area (Å²) >= 11 is 0. The molecule has 0 aliphatic carbocycles. The van der Waals surface area contributed by atoms with E-state index in [1.54, 1.807) is 0 Å². The summed E-state index contributed by atoms with van der Waals surface area (Å²) in [5, 5.41) is -1.22. The summed E-state index contributed by atoms with van der Waals surface area (Å²) in [5.41, 5.74) is -0.575. The molecule has 0 spiro atoms. The Morgan fingerprint density at radius 1 is 0.500 bits per heavy atom. The van der Waals surface area contributed by atoms with Crippen molar-refractivity contribution in [2.45, 2.75) is 251 Å². The molecular weight excluding hydrogens is 701 g/mol. The van der Waals surface area contributed by atoms with Crippen LogP contribution in [0.3, 0.4) is 0 Å². The van der Waals surface area contributed by atoms with E-state index >= 15 is 0 Å². The second kappa shape index (κ2) is 15.8. The van der Waals surface area contributed by atoms with Crippen molar-refractivity contribution >= 4 is 41.3 Å². The third-order valence-electron chi connectivity index (χ3n) is 14.6. The molecule has 4 atom stereocenters. The highest BCUT2D eigenvalue weighted by Gasteiger charge is 2.69. The van der Waals surface area contributed by atoms with Crippen molar-refractivity contribution in [1.29, 1.82) is 0 Å². The van der Waals surface area contributed by atoms with Crippen molar-refractivity contribution in [1.82, 2.24) is 0 Å². The van der Waals surface area contributed by atoms with Crippen molar-refractivity contribution in [3.8, 4) is 0 Å². The first-order valence-corrected chi connectivity index (χ1v) is 34.7. The van der Waals surface area contributed by atoms with Crippen LogP contribution in [0, 0.1) is 0 Å². The Labute approximate surface area is 320 Å². The van der Waals surface area contributed by atoms with Gasteiger partial charge in [0, 0.05) is 20.3 Å². The number of hydrogen-bond donors (Lipinski definition) is 0. The Morgan fingerprint density at radius 3 is 1.22 bits per heavy atom. The van der Waals surface area contributed by atoms with Gasteiger partial charge >= 0.3 is 0 Å². The summed E-state index contributed by atoms with van der Waals surface area (Å²) in [4.78, 5) is 0. The Hall–Kier alpha value is 0.884. The van der Waals surface area contributed by atoms with Gasteiger partial charge in [-0.25, -0.2) is 0 Å². The minimum absolute atomic E-state index is 0.137. The Kier molecular flexibility index (Phi) is 16.1. The lowest BCUT2D eigenvalue weighted by molar-refractivity contribution is -0.0269. The van der Waals surface area contributed by atoms with Gasteiger partial charge in [0.15, 0.2) is 8.32 Å². The molecular formula is C40H92O5Si5. The molecule has 0 aromatic heterocycles. The normalized spacial score (nSPS) is 20.0. The van der Waals surface area contributed by atoms with Gasteiger partial charge in [-0.2, -0.15) is 0 Å². The molecule has 0 radical (unpaired) electrons. The minimum Gasteiger partial charge on any atom is -0.414 e. The number of hydrogen-bond acceptors (Lipinski definition) is 5. The topological polar surface area (TPSA) is 46.2 Å². The van der Waals surface area contributed by atoms with Gasteiger partial charge in [0.05, 0.1) is 37.2 Å². The number of rotatable bonds is 21. The summed E-state index contributed by atoms with van der Waals surface area (Å²) < 4.78 is 37.0. The average molecular weight is 794 g/mol. The lowest BCUT2D eigenvalue weighted by atomic mass is 9.89. The van der Waals surface area contributed by atoms with Crippen LogP contribution < -0.4 is 0 Å². The van der Waals surface area contributed by atoms with Gasteiger partial charge in [-0.15, -0.1) is 0 Å². The average Bonchev–Trinajstić information content (AvgIpc) is 2.86. The van der Waals surface area contributed by atoms with Gasteiger partial charge < -0.3 is 22.4 Å². The third kappa shape index (κ3) is 10.00. The molecule has 0 saturated carbocycles. The molecule has 0 aromatic carbocycles. The van der Waals surface area contributed by atoms with Gasteiger partial charge in [-0.3, -0.25) is 0 Å². The quantitative estimate of drug-likeness (QED) is 0.108. The molecule has 0 saturated heterocycles. The van der Waals surface area contributed by atoms with Crippen LogP contribution in [0.5, 0.6) is 0 Å². The van der Waals surface area contributed by atoms with Crippen LogP contribution in [-0.2, 0) is 22.4 Å². The summed E-state index contributed by atoms with van der Waals surface area (Å²) in [6.07, 6.45) is 2.06. The maximum atomic E-state index is 8.23. The molecule has 4 unspecified atom stereocenters. The zero-order valence-electron chi connectivity index (χ0n) is 39.3. The van der Waals surface area contributed by atoms with Crippen LogP contribution in [-0.4, -0.2) is 75.7 Å². The summed E-state index contributed by atoms with van der Waals surface area (Å²) in [5.74, 6) is 0. The highest BCUT2D eigenvalue weighted by atomic mass is 28.4. The smallest absolute Gasteiger partial charge is 0.216 e. The summed E-state index contributed by atoms with van der Waals surface area (Å²) in [7, 11) is -11.3.